The highest BCUT2D eigenvalue weighted by atomic mass is 16.5. The molecule has 0 radical (unpaired) electrons. The zero-order chi connectivity index (χ0) is 17.5. The first-order valence-corrected chi connectivity index (χ1v) is 9.26. The van der Waals surface area contributed by atoms with Crippen LogP contribution in [0.5, 0.6) is 5.75 Å². The number of Topliss-reactive ketones (excluding diaryl/α,β-unsaturated/α-hetero) is 1. The second kappa shape index (κ2) is 9.19. The van der Waals surface area contributed by atoms with Crippen LogP contribution in [0.15, 0.2) is 12.1 Å². The Morgan fingerprint density at radius 2 is 2.00 bits per heavy atom. The van der Waals surface area contributed by atoms with Crippen molar-refractivity contribution in [2.24, 2.45) is 0 Å². The van der Waals surface area contributed by atoms with Crippen LogP contribution in [-0.4, -0.2) is 50.0 Å². The SMILES string of the molecule is CCCOc1cc(C)c(C(=O)CCN2CCNCC2)cc1C(C)C. The van der Waals surface area contributed by atoms with Gasteiger partial charge in [-0.15, -0.1) is 0 Å². The Labute approximate surface area is 146 Å². The first-order chi connectivity index (χ1) is 11.5. The Morgan fingerprint density at radius 1 is 1.29 bits per heavy atom. The van der Waals surface area contributed by atoms with Crippen molar-refractivity contribution < 1.29 is 9.53 Å². The van der Waals surface area contributed by atoms with Gasteiger partial charge in [0.05, 0.1) is 6.61 Å². The fourth-order valence-corrected chi connectivity index (χ4v) is 3.12. The van der Waals surface area contributed by atoms with E-state index < -0.39 is 0 Å². The molecule has 24 heavy (non-hydrogen) atoms. The minimum atomic E-state index is 0.245. The molecule has 4 heteroatoms. The molecule has 0 spiro atoms. The van der Waals surface area contributed by atoms with Gasteiger partial charge in [0.25, 0.3) is 0 Å². The van der Waals surface area contributed by atoms with Crippen molar-refractivity contribution in [3.8, 4) is 5.75 Å². The van der Waals surface area contributed by atoms with Crippen LogP contribution in [0.2, 0.25) is 0 Å². The van der Waals surface area contributed by atoms with Gasteiger partial charge in [-0.05, 0) is 42.5 Å². The summed E-state index contributed by atoms with van der Waals surface area (Å²) in [5.74, 6) is 1.52. The van der Waals surface area contributed by atoms with Crippen LogP contribution in [0.3, 0.4) is 0 Å². The maximum atomic E-state index is 12.7. The van der Waals surface area contributed by atoms with E-state index in [1.54, 1.807) is 0 Å². The number of hydrogen-bond acceptors (Lipinski definition) is 4. The molecule has 0 saturated carbocycles. The predicted octanol–water partition coefficient (Wildman–Crippen LogP) is 3.39. The fraction of sp³-hybridized carbons (Fsp3) is 0.650. The second-order valence-corrected chi connectivity index (χ2v) is 6.97. The number of aryl methyl sites for hydroxylation is 1. The maximum Gasteiger partial charge on any atom is 0.164 e. The van der Waals surface area contributed by atoms with E-state index in [0.29, 0.717) is 12.3 Å². The van der Waals surface area contributed by atoms with Crippen molar-refractivity contribution in [1.82, 2.24) is 10.2 Å². The minimum Gasteiger partial charge on any atom is -0.493 e. The molecule has 1 aromatic rings. The molecule has 0 aliphatic carbocycles. The number of nitrogens with zero attached hydrogens (tertiary/aromatic N) is 1. The Bertz CT molecular complexity index is 549. The zero-order valence-corrected chi connectivity index (χ0v) is 15.7. The average Bonchev–Trinajstić information content (AvgIpc) is 2.58. The number of rotatable bonds is 8. The van der Waals surface area contributed by atoms with Gasteiger partial charge in [-0.2, -0.15) is 0 Å². The molecule has 0 amide bonds. The normalized spacial score (nSPS) is 15.7. The largest absolute Gasteiger partial charge is 0.493 e. The summed E-state index contributed by atoms with van der Waals surface area (Å²) >= 11 is 0. The summed E-state index contributed by atoms with van der Waals surface area (Å²) in [5, 5.41) is 3.35. The lowest BCUT2D eigenvalue weighted by atomic mass is 9.93. The molecular formula is C20H32N2O2. The van der Waals surface area contributed by atoms with Crippen molar-refractivity contribution in [1.29, 1.82) is 0 Å². The van der Waals surface area contributed by atoms with Crippen LogP contribution < -0.4 is 10.1 Å². The van der Waals surface area contributed by atoms with E-state index >= 15 is 0 Å². The lowest BCUT2D eigenvalue weighted by Crippen LogP contribution is -2.44. The summed E-state index contributed by atoms with van der Waals surface area (Å²) < 4.78 is 5.89. The Balaban J connectivity index is 2.10. The fourth-order valence-electron chi connectivity index (χ4n) is 3.12. The quantitative estimate of drug-likeness (QED) is 0.741. The van der Waals surface area contributed by atoms with E-state index in [1.807, 2.05) is 13.0 Å². The molecule has 1 saturated heterocycles. The monoisotopic (exact) mass is 332 g/mol. The van der Waals surface area contributed by atoms with E-state index in [4.69, 9.17) is 4.74 Å². The van der Waals surface area contributed by atoms with E-state index in [2.05, 4.69) is 37.1 Å². The van der Waals surface area contributed by atoms with Crippen molar-refractivity contribution in [3.05, 3.63) is 28.8 Å². The molecule has 134 valence electrons. The number of hydrogen-bond donors (Lipinski definition) is 1. The summed E-state index contributed by atoms with van der Waals surface area (Å²) in [6, 6.07) is 4.11. The van der Waals surface area contributed by atoms with E-state index in [1.165, 1.54) is 0 Å². The van der Waals surface area contributed by atoms with Crippen LogP contribution >= 0.6 is 0 Å². The molecule has 1 N–H and O–H groups in total. The van der Waals surface area contributed by atoms with E-state index in [0.717, 1.165) is 68.2 Å². The number of ketones is 1. The Kier molecular flexibility index (Phi) is 7.25. The summed E-state index contributed by atoms with van der Waals surface area (Å²) in [7, 11) is 0. The van der Waals surface area contributed by atoms with Gasteiger partial charge in [-0.1, -0.05) is 20.8 Å². The van der Waals surface area contributed by atoms with Gasteiger partial charge in [0.1, 0.15) is 5.75 Å². The van der Waals surface area contributed by atoms with Gasteiger partial charge < -0.3 is 15.0 Å². The zero-order valence-electron chi connectivity index (χ0n) is 15.7. The van der Waals surface area contributed by atoms with Crippen LogP contribution in [0.1, 0.15) is 61.0 Å². The van der Waals surface area contributed by atoms with Gasteiger partial charge in [-0.3, -0.25) is 4.79 Å². The van der Waals surface area contributed by atoms with Gasteiger partial charge in [-0.25, -0.2) is 0 Å². The predicted molar refractivity (Wildman–Crippen MR) is 99.3 cm³/mol. The first kappa shape index (κ1) is 18.9. The smallest absolute Gasteiger partial charge is 0.164 e. The number of benzene rings is 1. The van der Waals surface area contributed by atoms with Crippen LogP contribution in [0, 0.1) is 6.92 Å². The molecule has 0 aromatic heterocycles. The molecule has 1 aromatic carbocycles. The topological polar surface area (TPSA) is 41.6 Å². The van der Waals surface area contributed by atoms with E-state index in [9.17, 15) is 4.79 Å². The average molecular weight is 332 g/mol. The molecule has 1 aliphatic rings. The number of ether oxygens (including phenoxy) is 1. The molecule has 4 nitrogen and oxygen atoms in total. The number of carbonyl (C=O) groups excluding carboxylic acids is 1. The molecule has 0 atom stereocenters. The Hall–Kier alpha value is -1.39. The van der Waals surface area contributed by atoms with Gasteiger partial charge >= 0.3 is 0 Å². The van der Waals surface area contributed by atoms with Crippen molar-refractivity contribution in [2.45, 2.75) is 46.5 Å². The summed E-state index contributed by atoms with van der Waals surface area (Å²) in [6.07, 6.45) is 1.58. The first-order valence-electron chi connectivity index (χ1n) is 9.26. The van der Waals surface area contributed by atoms with E-state index in [-0.39, 0.29) is 5.78 Å². The highest BCUT2D eigenvalue weighted by Gasteiger charge is 2.18. The van der Waals surface area contributed by atoms with Crippen LogP contribution in [0.25, 0.3) is 0 Å². The summed E-state index contributed by atoms with van der Waals surface area (Å²) in [6.45, 7) is 14.1. The molecule has 1 aliphatic heterocycles. The Morgan fingerprint density at radius 3 is 2.62 bits per heavy atom. The van der Waals surface area contributed by atoms with Gasteiger partial charge in [0, 0.05) is 44.7 Å². The molecule has 0 bridgehead atoms. The molecule has 1 fully saturated rings. The lowest BCUT2D eigenvalue weighted by Gasteiger charge is -2.27. The number of piperazine rings is 1. The molecule has 1 heterocycles. The van der Waals surface area contributed by atoms with Crippen molar-refractivity contribution >= 4 is 5.78 Å². The summed E-state index contributed by atoms with van der Waals surface area (Å²) in [5.41, 5.74) is 3.02. The summed E-state index contributed by atoms with van der Waals surface area (Å²) in [4.78, 5) is 15.1. The number of nitrogens with one attached hydrogen (secondary N) is 1. The standard InChI is InChI=1S/C20H32N2O2/c1-5-12-24-20-13-16(4)18(14-17(20)15(2)3)19(23)6-9-22-10-7-21-8-11-22/h13-15,21H,5-12H2,1-4H3. The third-order valence-corrected chi connectivity index (χ3v) is 4.61. The minimum absolute atomic E-state index is 0.245. The third-order valence-electron chi connectivity index (χ3n) is 4.61. The van der Waals surface area contributed by atoms with Gasteiger partial charge in [0.15, 0.2) is 5.78 Å². The van der Waals surface area contributed by atoms with Crippen molar-refractivity contribution in [3.63, 3.8) is 0 Å². The molecule has 0 unspecified atom stereocenters. The highest BCUT2D eigenvalue weighted by molar-refractivity contribution is 5.98. The highest BCUT2D eigenvalue weighted by Crippen LogP contribution is 2.30. The second-order valence-electron chi connectivity index (χ2n) is 6.97. The maximum absolute atomic E-state index is 12.7. The molecular weight excluding hydrogens is 300 g/mol. The van der Waals surface area contributed by atoms with Crippen LogP contribution in [-0.2, 0) is 0 Å². The number of carbonyl (C=O) groups is 1. The van der Waals surface area contributed by atoms with Crippen molar-refractivity contribution in [2.75, 3.05) is 39.3 Å². The van der Waals surface area contributed by atoms with Gasteiger partial charge in [0.2, 0.25) is 0 Å². The molecule has 2 rings (SSSR count). The lowest BCUT2D eigenvalue weighted by molar-refractivity contribution is 0.0960. The van der Waals surface area contributed by atoms with Crippen LogP contribution in [0.4, 0.5) is 0 Å². The third kappa shape index (κ3) is 5.05.